The van der Waals surface area contributed by atoms with Crippen molar-refractivity contribution in [3.05, 3.63) is 65.2 Å². The average Bonchev–Trinajstić information content (AvgIpc) is 3.05. The van der Waals surface area contributed by atoms with Gasteiger partial charge >= 0.3 is 0 Å². The van der Waals surface area contributed by atoms with Crippen molar-refractivity contribution in [3.63, 3.8) is 0 Å². The van der Waals surface area contributed by atoms with Gasteiger partial charge in [-0.3, -0.25) is 4.79 Å². The van der Waals surface area contributed by atoms with Crippen LogP contribution in [0.4, 0.5) is 17.5 Å². The Balaban J connectivity index is 1.58. The van der Waals surface area contributed by atoms with E-state index in [2.05, 4.69) is 30.6 Å². The lowest BCUT2D eigenvalue weighted by Crippen LogP contribution is -2.43. The van der Waals surface area contributed by atoms with Gasteiger partial charge in [-0.1, -0.05) is 25.3 Å². The highest BCUT2D eigenvalue weighted by Gasteiger charge is 2.47. The number of rotatable bonds is 3. The average molecular weight is 417 g/mol. The Labute approximate surface area is 178 Å². The van der Waals surface area contributed by atoms with E-state index in [1.54, 1.807) is 18.3 Å². The summed E-state index contributed by atoms with van der Waals surface area (Å²) in [5, 5.41) is 17.3. The van der Waals surface area contributed by atoms with E-state index in [1.807, 2.05) is 25.1 Å². The molecule has 0 atom stereocenters. The van der Waals surface area contributed by atoms with Crippen molar-refractivity contribution in [1.82, 2.24) is 25.0 Å². The number of pyridine rings is 2. The molecule has 0 bridgehead atoms. The van der Waals surface area contributed by atoms with Gasteiger partial charge in [0.1, 0.15) is 18.0 Å². The molecule has 3 N–H and O–H groups in total. The molecular weight excluding hydrogens is 394 g/mol. The molecule has 1 fully saturated rings. The number of amides is 1. The summed E-state index contributed by atoms with van der Waals surface area (Å²) in [5.74, 6) is 1.44. The van der Waals surface area contributed by atoms with Crippen molar-refractivity contribution in [2.24, 2.45) is 4.99 Å². The molecule has 1 amide bonds. The summed E-state index contributed by atoms with van der Waals surface area (Å²) in [5.41, 5.74) is 1.72. The third-order valence-corrected chi connectivity index (χ3v) is 5.95. The van der Waals surface area contributed by atoms with Gasteiger partial charge in [-0.05, 0) is 43.5 Å². The minimum absolute atomic E-state index is 0.132. The molecule has 2 aliphatic rings. The lowest BCUT2D eigenvalue weighted by molar-refractivity contribution is 0.0892. The molecule has 3 aromatic heterocycles. The van der Waals surface area contributed by atoms with Gasteiger partial charge in [-0.15, -0.1) is 0 Å². The largest absolute Gasteiger partial charge is 0.427 e. The maximum atomic E-state index is 12.7. The zero-order valence-electron chi connectivity index (χ0n) is 17.2. The number of hydrogen-bond acceptors (Lipinski definition) is 7. The Morgan fingerprint density at radius 3 is 2.74 bits per heavy atom. The van der Waals surface area contributed by atoms with Gasteiger partial charge in [0.25, 0.3) is 5.91 Å². The minimum atomic E-state index is -0.535. The number of hydrogen-bond donors (Lipinski definition) is 3. The number of nitrogens with one attached hydrogen (secondary N) is 2. The van der Waals surface area contributed by atoms with Crippen molar-refractivity contribution in [2.45, 2.75) is 44.6 Å². The number of aromatic nitrogens is 4. The fraction of sp³-hybridized carbons (Fsp3) is 0.318. The van der Waals surface area contributed by atoms with Crippen LogP contribution in [0.2, 0.25) is 0 Å². The van der Waals surface area contributed by atoms with E-state index in [0.717, 1.165) is 42.4 Å². The molecule has 0 aromatic carbocycles. The van der Waals surface area contributed by atoms with E-state index in [0.29, 0.717) is 34.2 Å². The highest BCUT2D eigenvalue weighted by atomic mass is 16.5. The lowest BCUT2D eigenvalue weighted by atomic mass is 9.79. The molecule has 1 aliphatic carbocycles. The molecule has 0 radical (unpaired) electrons. The van der Waals surface area contributed by atoms with Gasteiger partial charge in [-0.2, -0.15) is 4.73 Å². The number of aryl methyl sites for hydroxylation is 1. The molecule has 9 heteroatoms. The second-order valence-corrected chi connectivity index (χ2v) is 8.03. The predicted octanol–water partition coefficient (Wildman–Crippen LogP) is 3.10. The zero-order chi connectivity index (χ0) is 21.4. The van der Waals surface area contributed by atoms with Crippen molar-refractivity contribution in [3.8, 4) is 0 Å². The van der Waals surface area contributed by atoms with Crippen LogP contribution < -0.4 is 16.1 Å². The smallest absolute Gasteiger partial charge is 0.254 e. The zero-order valence-corrected chi connectivity index (χ0v) is 17.2. The third-order valence-electron chi connectivity index (χ3n) is 5.95. The maximum Gasteiger partial charge on any atom is 0.254 e. The molecule has 31 heavy (non-hydrogen) atoms. The summed E-state index contributed by atoms with van der Waals surface area (Å²) in [6, 6.07) is 8.92. The highest BCUT2D eigenvalue weighted by Crippen LogP contribution is 2.42. The molecule has 3 aromatic rings. The van der Waals surface area contributed by atoms with Crippen molar-refractivity contribution in [2.75, 3.05) is 5.32 Å². The minimum Gasteiger partial charge on any atom is -0.427 e. The van der Waals surface area contributed by atoms with Crippen LogP contribution in [0.1, 0.15) is 53.7 Å². The first-order chi connectivity index (χ1) is 15.1. The van der Waals surface area contributed by atoms with Crippen LogP contribution in [-0.4, -0.2) is 30.8 Å². The van der Waals surface area contributed by atoms with Crippen LogP contribution >= 0.6 is 0 Å². The van der Waals surface area contributed by atoms with Crippen molar-refractivity contribution >= 4 is 23.4 Å². The quantitative estimate of drug-likeness (QED) is 0.564. The molecule has 1 aliphatic heterocycles. The Bertz CT molecular complexity index is 1210. The molecule has 5 rings (SSSR count). The van der Waals surface area contributed by atoms with Gasteiger partial charge in [0.15, 0.2) is 11.3 Å². The lowest BCUT2D eigenvalue weighted by Gasteiger charge is -2.34. The van der Waals surface area contributed by atoms with Gasteiger partial charge in [0, 0.05) is 12.3 Å². The number of carbonyl (C=O) groups excluding carboxylic acids is 1. The fourth-order valence-corrected chi connectivity index (χ4v) is 4.56. The van der Waals surface area contributed by atoms with Crippen LogP contribution in [0.5, 0.6) is 0 Å². The van der Waals surface area contributed by atoms with E-state index in [-0.39, 0.29) is 5.91 Å². The molecule has 158 valence electrons. The molecule has 9 nitrogen and oxygen atoms in total. The van der Waals surface area contributed by atoms with Crippen molar-refractivity contribution in [1.29, 1.82) is 0 Å². The molecule has 1 spiro atoms. The van der Waals surface area contributed by atoms with Gasteiger partial charge in [0.2, 0.25) is 0 Å². The molecule has 4 heterocycles. The van der Waals surface area contributed by atoms with E-state index in [9.17, 15) is 10.0 Å². The van der Waals surface area contributed by atoms with E-state index in [4.69, 9.17) is 0 Å². The number of anilines is 2. The van der Waals surface area contributed by atoms with Crippen LogP contribution in [0.15, 0.2) is 47.8 Å². The molecular formula is C22H23N7O2. The highest BCUT2D eigenvalue weighted by molar-refractivity contribution is 6.00. The van der Waals surface area contributed by atoms with Crippen LogP contribution in [0.25, 0.3) is 0 Å². The predicted molar refractivity (Wildman–Crippen MR) is 113 cm³/mol. The Kier molecular flexibility index (Phi) is 4.65. The second kappa shape index (κ2) is 7.50. The topological polar surface area (TPSA) is 117 Å². The third kappa shape index (κ3) is 3.41. The first kappa shape index (κ1) is 19.2. The molecule has 0 unspecified atom stereocenters. The Hall–Kier alpha value is -3.75. The Morgan fingerprint density at radius 1 is 1.13 bits per heavy atom. The standard InChI is InChI=1S/C22H23N7O2/c1-14-11-18(27-17-12-16(24-13-25-17)26-15-7-3-6-10-23-15)29(31)20-19(14)21(30)28-22(20)8-4-2-5-9-22/h3,6-7,10-13,31H,2,4-5,8-9H2,1H3,(H,28,30)(H,23,24,25,26). The fourth-order valence-electron chi connectivity index (χ4n) is 4.56. The SMILES string of the molecule is Cc1cc(=Nc2cc(Nc3ccccn3)ncn2)n(O)c2c1C(=O)NC21CCCCC1. The Morgan fingerprint density at radius 2 is 1.97 bits per heavy atom. The maximum absolute atomic E-state index is 12.7. The van der Waals surface area contributed by atoms with Gasteiger partial charge in [-0.25, -0.2) is 19.9 Å². The van der Waals surface area contributed by atoms with E-state index in [1.165, 1.54) is 6.33 Å². The first-order valence-electron chi connectivity index (χ1n) is 10.4. The van der Waals surface area contributed by atoms with Gasteiger partial charge < -0.3 is 15.8 Å². The summed E-state index contributed by atoms with van der Waals surface area (Å²) in [6.07, 6.45) is 7.85. The number of carbonyl (C=O) groups is 1. The van der Waals surface area contributed by atoms with Crippen LogP contribution in [0.3, 0.4) is 0 Å². The second-order valence-electron chi connectivity index (χ2n) is 8.03. The normalized spacial score (nSPS) is 17.5. The number of fused-ring (bicyclic) bond motifs is 2. The van der Waals surface area contributed by atoms with Gasteiger partial charge in [0.05, 0.1) is 16.8 Å². The molecule has 0 saturated heterocycles. The summed E-state index contributed by atoms with van der Waals surface area (Å²) in [6.45, 7) is 1.87. The molecule has 1 saturated carbocycles. The van der Waals surface area contributed by atoms with Crippen LogP contribution in [0, 0.1) is 6.92 Å². The van der Waals surface area contributed by atoms with E-state index < -0.39 is 5.54 Å². The van der Waals surface area contributed by atoms with Crippen molar-refractivity contribution < 1.29 is 10.0 Å². The number of nitrogens with zero attached hydrogens (tertiary/aromatic N) is 5. The summed E-state index contributed by atoms with van der Waals surface area (Å²) in [7, 11) is 0. The summed E-state index contributed by atoms with van der Waals surface area (Å²) in [4.78, 5) is 29.9. The van der Waals surface area contributed by atoms with Crippen LogP contribution in [-0.2, 0) is 5.54 Å². The summed E-state index contributed by atoms with van der Waals surface area (Å²) < 4.78 is 1.06. The monoisotopic (exact) mass is 417 g/mol. The summed E-state index contributed by atoms with van der Waals surface area (Å²) >= 11 is 0. The van der Waals surface area contributed by atoms with E-state index >= 15 is 0 Å². The first-order valence-corrected chi connectivity index (χ1v) is 10.4.